The second-order valence-corrected chi connectivity index (χ2v) is 7.21. The van der Waals surface area contributed by atoms with Crippen molar-refractivity contribution >= 4 is 21.4 Å². The van der Waals surface area contributed by atoms with Gasteiger partial charge in [-0.25, -0.2) is 8.42 Å². The maximum atomic E-state index is 12.2. The number of nitrogens with one attached hydrogen (secondary N) is 1. The highest BCUT2D eigenvalue weighted by atomic mass is 32.2. The molecule has 0 fully saturated rings. The Morgan fingerprint density at radius 3 is 2.76 bits per heavy atom. The van der Waals surface area contributed by atoms with Crippen LogP contribution in [0.3, 0.4) is 0 Å². The summed E-state index contributed by atoms with van der Waals surface area (Å²) in [7, 11) is 0.0350. The molecule has 0 bridgehead atoms. The Morgan fingerprint density at radius 1 is 1.59 bits per heavy atom. The van der Waals surface area contributed by atoms with Crippen LogP contribution in [-0.2, 0) is 16.6 Å². The third-order valence-corrected chi connectivity index (χ3v) is 5.44. The SMILES string of the molecule is C=C(C)CN(C)S(=O)(=O)c1cc(CNC)cs1. The van der Waals surface area contributed by atoms with E-state index in [1.807, 2.05) is 19.4 Å². The number of sulfonamides is 1. The van der Waals surface area contributed by atoms with Gasteiger partial charge in [0.25, 0.3) is 10.0 Å². The largest absolute Gasteiger partial charge is 0.316 e. The van der Waals surface area contributed by atoms with Crippen molar-refractivity contribution in [3.63, 3.8) is 0 Å². The fourth-order valence-electron chi connectivity index (χ4n) is 1.40. The summed E-state index contributed by atoms with van der Waals surface area (Å²) >= 11 is 1.25. The minimum atomic E-state index is -3.37. The molecule has 0 aliphatic heterocycles. The van der Waals surface area contributed by atoms with Gasteiger partial charge in [-0.05, 0) is 31.0 Å². The molecule has 0 aliphatic rings. The first-order chi connectivity index (χ1) is 7.87. The molecule has 96 valence electrons. The molecule has 0 amide bonds. The van der Waals surface area contributed by atoms with E-state index in [1.165, 1.54) is 15.6 Å². The number of hydrogen-bond acceptors (Lipinski definition) is 4. The highest BCUT2D eigenvalue weighted by Gasteiger charge is 2.22. The maximum absolute atomic E-state index is 12.2. The molecule has 0 radical (unpaired) electrons. The molecule has 0 saturated carbocycles. The van der Waals surface area contributed by atoms with E-state index >= 15 is 0 Å². The molecule has 1 rings (SSSR count). The molecule has 6 heteroatoms. The van der Waals surface area contributed by atoms with Gasteiger partial charge in [-0.1, -0.05) is 12.2 Å². The fraction of sp³-hybridized carbons (Fsp3) is 0.455. The first-order valence-electron chi connectivity index (χ1n) is 5.20. The van der Waals surface area contributed by atoms with Crippen molar-refractivity contribution in [1.29, 1.82) is 0 Å². The molecule has 0 saturated heterocycles. The normalized spacial score (nSPS) is 12.0. The van der Waals surface area contributed by atoms with Crippen LogP contribution in [0, 0.1) is 0 Å². The number of nitrogens with zero attached hydrogens (tertiary/aromatic N) is 1. The summed E-state index contributed by atoms with van der Waals surface area (Å²) in [6, 6.07) is 1.71. The van der Waals surface area contributed by atoms with Crippen molar-refractivity contribution in [1.82, 2.24) is 9.62 Å². The van der Waals surface area contributed by atoms with Crippen LogP contribution < -0.4 is 5.32 Å². The number of thiophene rings is 1. The van der Waals surface area contributed by atoms with Gasteiger partial charge >= 0.3 is 0 Å². The Labute approximate surface area is 107 Å². The Hall–Kier alpha value is -0.690. The average molecular weight is 274 g/mol. The summed E-state index contributed by atoms with van der Waals surface area (Å²) in [4.78, 5) is 0. The van der Waals surface area contributed by atoms with E-state index in [4.69, 9.17) is 0 Å². The summed E-state index contributed by atoms with van der Waals surface area (Å²) in [6.45, 7) is 6.56. The predicted molar refractivity (Wildman–Crippen MR) is 71.7 cm³/mol. The molecule has 1 aromatic heterocycles. The highest BCUT2D eigenvalue weighted by molar-refractivity contribution is 7.91. The maximum Gasteiger partial charge on any atom is 0.252 e. The van der Waals surface area contributed by atoms with Gasteiger partial charge in [-0.3, -0.25) is 0 Å². The molecule has 4 nitrogen and oxygen atoms in total. The van der Waals surface area contributed by atoms with Crippen LogP contribution in [0.1, 0.15) is 12.5 Å². The fourth-order valence-corrected chi connectivity index (χ4v) is 4.05. The van der Waals surface area contributed by atoms with Crippen LogP contribution >= 0.6 is 11.3 Å². The van der Waals surface area contributed by atoms with Crippen molar-refractivity contribution < 1.29 is 8.42 Å². The van der Waals surface area contributed by atoms with Crippen LogP contribution in [0.5, 0.6) is 0 Å². The molecular formula is C11H18N2O2S2. The monoisotopic (exact) mass is 274 g/mol. The van der Waals surface area contributed by atoms with Gasteiger partial charge in [-0.2, -0.15) is 4.31 Å². The molecule has 0 unspecified atom stereocenters. The van der Waals surface area contributed by atoms with E-state index in [9.17, 15) is 8.42 Å². The van der Waals surface area contributed by atoms with Gasteiger partial charge < -0.3 is 5.32 Å². The molecule has 0 aromatic carbocycles. The minimum Gasteiger partial charge on any atom is -0.316 e. The van der Waals surface area contributed by atoms with E-state index in [0.717, 1.165) is 11.1 Å². The molecule has 1 heterocycles. The second-order valence-electron chi connectivity index (χ2n) is 4.02. The van der Waals surface area contributed by atoms with Crippen LogP contribution in [0.15, 0.2) is 27.8 Å². The van der Waals surface area contributed by atoms with Crippen LogP contribution in [0.4, 0.5) is 0 Å². The minimum absolute atomic E-state index is 0.349. The number of likely N-dealkylation sites (N-methyl/N-ethyl adjacent to an activating group) is 1. The third kappa shape index (κ3) is 3.64. The van der Waals surface area contributed by atoms with Crippen molar-refractivity contribution in [2.75, 3.05) is 20.6 Å². The average Bonchev–Trinajstić information content (AvgIpc) is 2.66. The lowest BCUT2D eigenvalue weighted by Gasteiger charge is -2.15. The second kappa shape index (κ2) is 5.77. The van der Waals surface area contributed by atoms with E-state index in [0.29, 0.717) is 17.3 Å². The van der Waals surface area contributed by atoms with E-state index in [-0.39, 0.29) is 0 Å². The Bertz CT molecular complexity index is 491. The van der Waals surface area contributed by atoms with Gasteiger partial charge in [0.15, 0.2) is 0 Å². The van der Waals surface area contributed by atoms with E-state index in [1.54, 1.807) is 13.1 Å². The molecule has 1 N–H and O–H groups in total. The summed E-state index contributed by atoms with van der Waals surface area (Å²) in [5.74, 6) is 0. The topological polar surface area (TPSA) is 49.4 Å². The summed E-state index contributed by atoms with van der Waals surface area (Å²) in [6.07, 6.45) is 0. The predicted octanol–water partition coefficient (Wildman–Crippen LogP) is 1.66. The van der Waals surface area contributed by atoms with Crippen molar-refractivity contribution in [2.24, 2.45) is 0 Å². The third-order valence-electron chi connectivity index (χ3n) is 2.17. The summed E-state index contributed by atoms with van der Waals surface area (Å²) in [5.41, 5.74) is 1.81. The van der Waals surface area contributed by atoms with Gasteiger partial charge in [0, 0.05) is 20.1 Å². The van der Waals surface area contributed by atoms with Crippen LogP contribution in [-0.4, -0.2) is 33.4 Å². The quantitative estimate of drug-likeness (QED) is 0.803. The molecular weight excluding hydrogens is 256 g/mol. The molecule has 0 spiro atoms. The molecule has 1 aromatic rings. The highest BCUT2D eigenvalue weighted by Crippen LogP contribution is 2.23. The smallest absolute Gasteiger partial charge is 0.252 e. The molecule has 0 aliphatic carbocycles. The van der Waals surface area contributed by atoms with Crippen LogP contribution in [0.25, 0.3) is 0 Å². The lowest BCUT2D eigenvalue weighted by atomic mass is 10.3. The van der Waals surface area contributed by atoms with Gasteiger partial charge in [0.05, 0.1) is 0 Å². The zero-order valence-electron chi connectivity index (χ0n) is 10.4. The van der Waals surface area contributed by atoms with Crippen molar-refractivity contribution in [3.05, 3.63) is 29.2 Å². The standard InChI is InChI=1S/C11H18N2O2S2/c1-9(2)7-13(4)17(14,15)11-5-10(6-12-3)8-16-11/h5,8,12H,1,6-7H2,2-4H3. The van der Waals surface area contributed by atoms with Gasteiger partial charge in [0.1, 0.15) is 4.21 Å². The van der Waals surface area contributed by atoms with Crippen LogP contribution in [0.2, 0.25) is 0 Å². The first-order valence-corrected chi connectivity index (χ1v) is 7.52. The number of rotatable bonds is 6. The van der Waals surface area contributed by atoms with Gasteiger partial charge in [-0.15, -0.1) is 11.3 Å². The Morgan fingerprint density at radius 2 is 2.24 bits per heavy atom. The van der Waals surface area contributed by atoms with Crippen molar-refractivity contribution in [3.8, 4) is 0 Å². The van der Waals surface area contributed by atoms with Gasteiger partial charge in [0.2, 0.25) is 0 Å². The first kappa shape index (κ1) is 14.4. The zero-order valence-corrected chi connectivity index (χ0v) is 12.0. The summed E-state index contributed by atoms with van der Waals surface area (Å²) in [5, 5.41) is 4.85. The van der Waals surface area contributed by atoms with E-state index < -0.39 is 10.0 Å². The lowest BCUT2D eigenvalue weighted by Crippen LogP contribution is -2.27. The van der Waals surface area contributed by atoms with E-state index in [2.05, 4.69) is 11.9 Å². The Kier molecular flexibility index (Phi) is 4.88. The molecule has 17 heavy (non-hydrogen) atoms. The Balaban J connectivity index is 2.92. The zero-order chi connectivity index (χ0) is 13.1. The summed E-state index contributed by atoms with van der Waals surface area (Å²) < 4.78 is 26.0. The lowest BCUT2D eigenvalue weighted by molar-refractivity contribution is 0.495. The molecule has 0 atom stereocenters. The number of hydrogen-bond donors (Lipinski definition) is 1. The van der Waals surface area contributed by atoms with Crippen molar-refractivity contribution in [2.45, 2.75) is 17.7 Å².